The molecule has 0 unspecified atom stereocenters. The highest BCUT2D eigenvalue weighted by Gasteiger charge is 2.32. The van der Waals surface area contributed by atoms with Crippen molar-refractivity contribution in [2.24, 2.45) is 5.92 Å². The molecule has 3 heterocycles. The summed E-state index contributed by atoms with van der Waals surface area (Å²) in [5.41, 5.74) is 0.894. The molecule has 106 valence electrons. The number of fused-ring (bicyclic) bond motifs is 1. The number of benzene rings is 1. The molecule has 4 rings (SSSR count). The zero-order valence-corrected chi connectivity index (χ0v) is 12.0. The lowest BCUT2D eigenvalue weighted by molar-refractivity contribution is 0.0460. The third-order valence-corrected chi connectivity index (χ3v) is 4.66. The fourth-order valence-electron chi connectivity index (χ4n) is 2.54. The quantitative estimate of drug-likeness (QED) is 0.738. The lowest BCUT2D eigenvalue weighted by Gasteiger charge is -2.38. The van der Waals surface area contributed by atoms with Crippen molar-refractivity contribution in [3.05, 3.63) is 41.7 Å². The molecule has 0 atom stereocenters. The Kier molecular flexibility index (Phi) is 2.92. The van der Waals surface area contributed by atoms with Crippen molar-refractivity contribution in [3.63, 3.8) is 0 Å². The van der Waals surface area contributed by atoms with Crippen LogP contribution in [0.4, 0.5) is 0 Å². The Morgan fingerprint density at radius 2 is 2.19 bits per heavy atom. The molecule has 0 N–H and O–H groups in total. The Morgan fingerprint density at radius 1 is 1.33 bits per heavy atom. The first-order valence-corrected chi connectivity index (χ1v) is 7.60. The first-order valence-electron chi connectivity index (χ1n) is 6.78. The molecule has 7 heteroatoms. The van der Waals surface area contributed by atoms with Crippen molar-refractivity contribution in [2.75, 3.05) is 13.1 Å². The number of thiazole rings is 1. The van der Waals surface area contributed by atoms with Crippen LogP contribution in [0.15, 0.2) is 36.7 Å². The van der Waals surface area contributed by atoms with Gasteiger partial charge in [0.25, 0.3) is 5.91 Å². The van der Waals surface area contributed by atoms with E-state index < -0.39 is 0 Å². The van der Waals surface area contributed by atoms with Crippen molar-refractivity contribution in [2.45, 2.75) is 6.54 Å². The van der Waals surface area contributed by atoms with Gasteiger partial charge in [0.2, 0.25) is 0 Å². The van der Waals surface area contributed by atoms with E-state index in [1.54, 1.807) is 6.20 Å². The van der Waals surface area contributed by atoms with Gasteiger partial charge in [0.1, 0.15) is 0 Å². The highest BCUT2D eigenvalue weighted by atomic mass is 32.1. The lowest BCUT2D eigenvalue weighted by atomic mass is 10.0. The summed E-state index contributed by atoms with van der Waals surface area (Å²) in [5, 5.41) is 8.31. The average Bonchev–Trinajstić information content (AvgIpc) is 3.10. The summed E-state index contributed by atoms with van der Waals surface area (Å²) in [4.78, 5) is 18.6. The van der Waals surface area contributed by atoms with Crippen molar-refractivity contribution in [1.29, 1.82) is 0 Å². The van der Waals surface area contributed by atoms with E-state index >= 15 is 0 Å². The van der Waals surface area contributed by atoms with Gasteiger partial charge in [0, 0.05) is 31.7 Å². The first-order chi connectivity index (χ1) is 10.3. The van der Waals surface area contributed by atoms with Crippen LogP contribution in [0.1, 0.15) is 9.80 Å². The van der Waals surface area contributed by atoms with E-state index in [1.807, 2.05) is 40.0 Å². The van der Waals surface area contributed by atoms with Gasteiger partial charge in [0.15, 0.2) is 5.01 Å². The van der Waals surface area contributed by atoms with E-state index in [2.05, 4.69) is 15.3 Å². The molecule has 1 amide bonds. The maximum atomic E-state index is 12.4. The SMILES string of the molecule is O=C(c1nc2ccccc2s1)N1CC(Cn2ccnn2)C1. The number of hydrogen-bond donors (Lipinski definition) is 0. The smallest absolute Gasteiger partial charge is 0.282 e. The lowest BCUT2D eigenvalue weighted by Crippen LogP contribution is -2.51. The topological polar surface area (TPSA) is 63.9 Å². The molecule has 1 fully saturated rings. The molecule has 0 radical (unpaired) electrons. The second kappa shape index (κ2) is 4.92. The van der Waals surface area contributed by atoms with E-state index in [9.17, 15) is 4.79 Å². The summed E-state index contributed by atoms with van der Waals surface area (Å²) in [7, 11) is 0. The van der Waals surface area contributed by atoms with Crippen molar-refractivity contribution < 1.29 is 4.79 Å². The van der Waals surface area contributed by atoms with Crippen LogP contribution < -0.4 is 0 Å². The molecule has 0 saturated carbocycles. The highest BCUT2D eigenvalue weighted by Crippen LogP contribution is 2.26. The molecule has 3 aromatic rings. The van der Waals surface area contributed by atoms with Crippen LogP contribution in [0.2, 0.25) is 0 Å². The maximum Gasteiger partial charge on any atom is 0.282 e. The number of hydrogen-bond acceptors (Lipinski definition) is 5. The number of nitrogens with zero attached hydrogens (tertiary/aromatic N) is 5. The Labute approximate surface area is 125 Å². The van der Waals surface area contributed by atoms with Crippen molar-refractivity contribution in [3.8, 4) is 0 Å². The van der Waals surface area contributed by atoms with Gasteiger partial charge in [0.05, 0.1) is 16.4 Å². The van der Waals surface area contributed by atoms with Crippen LogP contribution in [0.3, 0.4) is 0 Å². The Hall–Kier alpha value is -2.28. The van der Waals surface area contributed by atoms with E-state index in [1.165, 1.54) is 11.3 Å². The summed E-state index contributed by atoms with van der Waals surface area (Å²) >= 11 is 1.46. The minimum Gasteiger partial charge on any atom is -0.336 e. The van der Waals surface area contributed by atoms with Gasteiger partial charge in [-0.1, -0.05) is 17.3 Å². The predicted octanol–water partition coefficient (Wildman–Crippen LogP) is 1.66. The van der Waals surface area contributed by atoms with Gasteiger partial charge in [-0.3, -0.25) is 9.48 Å². The van der Waals surface area contributed by atoms with Crippen molar-refractivity contribution in [1.82, 2.24) is 24.9 Å². The highest BCUT2D eigenvalue weighted by molar-refractivity contribution is 7.20. The van der Waals surface area contributed by atoms with Gasteiger partial charge in [-0.25, -0.2) is 4.98 Å². The Morgan fingerprint density at radius 3 is 2.95 bits per heavy atom. The number of para-hydroxylation sites is 1. The molecule has 1 aliphatic rings. The van der Waals surface area contributed by atoms with Crippen LogP contribution in [-0.2, 0) is 6.54 Å². The summed E-state index contributed by atoms with van der Waals surface area (Å²) in [5.74, 6) is 0.482. The van der Waals surface area contributed by atoms with Gasteiger partial charge in [-0.15, -0.1) is 16.4 Å². The third-order valence-electron chi connectivity index (χ3n) is 3.64. The molecular formula is C14H13N5OS. The van der Waals surface area contributed by atoms with Crippen LogP contribution >= 0.6 is 11.3 Å². The molecular weight excluding hydrogens is 286 g/mol. The Balaban J connectivity index is 1.42. The fraction of sp³-hybridized carbons (Fsp3) is 0.286. The molecule has 1 aliphatic heterocycles. The largest absolute Gasteiger partial charge is 0.336 e. The van der Waals surface area contributed by atoms with E-state index in [4.69, 9.17) is 0 Å². The summed E-state index contributed by atoms with van der Waals surface area (Å²) in [6.07, 6.45) is 3.51. The molecule has 21 heavy (non-hydrogen) atoms. The summed E-state index contributed by atoms with van der Waals surface area (Å²) in [6, 6.07) is 7.83. The zero-order valence-electron chi connectivity index (χ0n) is 11.2. The maximum absolute atomic E-state index is 12.4. The normalized spacial score (nSPS) is 15.3. The fourth-order valence-corrected chi connectivity index (χ4v) is 3.48. The number of carbonyl (C=O) groups excluding carboxylic acids is 1. The van der Waals surface area contributed by atoms with Crippen molar-refractivity contribution >= 4 is 27.5 Å². The van der Waals surface area contributed by atoms with Gasteiger partial charge >= 0.3 is 0 Å². The van der Waals surface area contributed by atoms with Crippen LogP contribution in [0.25, 0.3) is 10.2 Å². The molecule has 1 aromatic carbocycles. The standard InChI is InChI=1S/C14H13N5OS/c20-14(13-16-11-3-1-2-4-12(11)21-13)18-7-10(8-18)9-19-6-5-15-17-19/h1-6,10H,7-9H2. The molecule has 6 nitrogen and oxygen atoms in total. The number of rotatable bonds is 3. The predicted molar refractivity (Wildman–Crippen MR) is 79.0 cm³/mol. The minimum atomic E-state index is 0.0334. The van der Waals surface area contributed by atoms with Crippen LogP contribution in [0.5, 0.6) is 0 Å². The zero-order chi connectivity index (χ0) is 14.2. The molecule has 0 bridgehead atoms. The van der Waals surface area contributed by atoms with E-state index in [-0.39, 0.29) is 5.91 Å². The Bertz CT molecular complexity index is 743. The van der Waals surface area contributed by atoms with Gasteiger partial charge in [-0.05, 0) is 12.1 Å². The second-order valence-electron chi connectivity index (χ2n) is 5.19. The molecule has 0 spiro atoms. The monoisotopic (exact) mass is 299 g/mol. The number of likely N-dealkylation sites (tertiary alicyclic amines) is 1. The molecule has 1 saturated heterocycles. The van der Waals surface area contributed by atoms with E-state index in [0.29, 0.717) is 10.9 Å². The second-order valence-corrected chi connectivity index (χ2v) is 6.22. The van der Waals surface area contributed by atoms with Crippen LogP contribution in [-0.4, -0.2) is 43.9 Å². The third kappa shape index (κ3) is 2.29. The summed E-state index contributed by atoms with van der Waals surface area (Å²) < 4.78 is 2.87. The summed E-state index contributed by atoms with van der Waals surface area (Å²) in [6.45, 7) is 2.33. The van der Waals surface area contributed by atoms with E-state index in [0.717, 1.165) is 29.9 Å². The van der Waals surface area contributed by atoms with Crippen LogP contribution in [0, 0.1) is 5.92 Å². The number of carbonyl (C=O) groups is 1. The number of amides is 1. The number of aromatic nitrogens is 4. The van der Waals surface area contributed by atoms with Gasteiger partial charge < -0.3 is 4.90 Å². The minimum absolute atomic E-state index is 0.0334. The molecule has 2 aromatic heterocycles. The first kappa shape index (κ1) is 12.5. The van der Waals surface area contributed by atoms with Gasteiger partial charge in [-0.2, -0.15) is 0 Å². The molecule has 0 aliphatic carbocycles. The average molecular weight is 299 g/mol.